The second-order valence-corrected chi connectivity index (χ2v) is 5.55. The van der Waals surface area contributed by atoms with E-state index in [1.165, 1.54) is 12.5 Å². The molecule has 0 aliphatic carbocycles. The van der Waals surface area contributed by atoms with Crippen LogP contribution in [-0.2, 0) is 9.53 Å². The lowest BCUT2D eigenvalue weighted by Crippen LogP contribution is -2.00. The molecule has 0 aliphatic heterocycles. The van der Waals surface area contributed by atoms with Gasteiger partial charge in [-0.25, -0.2) is 0 Å². The molecule has 0 radical (unpaired) electrons. The fourth-order valence-electron chi connectivity index (χ4n) is 1.79. The van der Waals surface area contributed by atoms with Crippen LogP contribution >= 0.6 is 22.6 Å². The fraction of sp³-hybridized carbons (Fsp3) is 0.118. The molecule has 0 unspecified atom stereocenters. The van der Waals surface area contributed by atoms with Crippen LogP contribution in [0, 0.1) is 6.92 Å². The minimum Gasteiger partial charge on any atom is -0.425 e. The van der Waals surface area contributed by atoms with Gasteiger partial charge < -0.3 is 4.74 Å². The lowest BCUT2D eigenvalue weighted by molar-refractivity contribution is -0.134. The Kier molecular flexibility index (Phi) is 4.95. The van der Waals surface area contributed by atoms with Crippen LogP contribution in [0.1, 0.15) is 23.6 Å². The molecule has 0 N–H and O–H groups in total. The minimum absolute atomic E-state index is 0.314. The number of halogens is 1. The number of ether oxygens (including phenoxy) is 1. The highest BCUT2D eigenvalue weighted by Crippen LogP contribution is 2.32. The van der Waals surface area contributed by atoms with E-state index in [0.29, 0.717) is 5.76 Å². The van der Waals surface area contributed by atoms with Crippen molar-refractivity contribution in [1.29, 1.82) is 0 Å². The van der Waals surface area contributed by atoms with Gasteiger partial charge in [-0.05, 0) is 35.1 Å². The maximum Gasteiger partial charge on any atom is 0.308 e. The van der Waals surface area contributed by atoms with Crippen molar-refractivity contribution in [1.82, 2.24) is 0 Å². The number of aryl methyl sites for hydroxylation is 1. The van der Waals surface area contributed by atoms with E-state index in [2.05, 4.69) is 22.6 Å². The molecule has 0 amide bonds. The Labute approximate surface area is 132 Å². The van der Waals surface area contributed by atoms with Crippen molar-refractivity contribution in [2.45, 2.75) is 13.8 Å². The van der Waals surface area contributed by atoms with Crippen LogP contribution in [0.5, 0.6) is 0 Å². The first kappa shape index (κ1) is 14.8. The van der Waals surface area contributed by atoms with Crippen LogP contribution in [0.3, 0.4) is 0 Å². The zero-order chi connectivity index (χ0) is 14.5. The van der Waals surface area contributed by atoms with Gasteiger partial charge in [-0.1, -0.05) is 60.2 Å². The zero-order valence-corrected chi connectivity index (χ0v) is 13.5. The Hall–Kier alpha value is -1.62. The van der Waals surface area contributed by atoms with Crippen LogP contribution in [0.25, 0.3) is 9.34 Å². The van der Waals surface area contributed by atoms with Gasteiger partial charge in [0, 0.05) is 12.5 Å². The van der Waals surface area contributed by atoms with Crippen molar-refractivity contribution < 1.29 is 9.53 Å². The van der Waals surface area contributed by atoms with E-state index in [-0.39, 0.29) is 5.97 Å². The van der Waals surface area contributed by atoms with Crippen LogP contribution in [0.2, 0.25) is 0 Å². The standard InChI is InChI=1S/C17H15IO2/c1-12-8-10-15(11-9-12)17(20-13(2)19)16(18)14-6-4-3-5-7-14/h3-11H,1-2H3/b17-16+. The molecule has 2 aromatic carbocycles. The predicted octanol–water partition coefficient (Wildman–Crippen LogP) is 4.82. The Balaban J connectivity index is 2.52. The molecule has 2 rings (SSSR count). The van der Waals surface area contributed by atoms with E-state index in [1.54, 1.807) is 0 Å². The number of carbonyl (C=O) groups excluding carboxylic acids is 1. The largest absolute Gasteiger partial charge is 0.425 e. The van der Waals surface area contributed by atoms with Gasteiger partial charge >= 0.3 is 5.97 Å². The molecule has 0 spiro atoms. The first-order valence-corrected chi connectivity index (χ1v) is 7.36. The third-order valence-corrected chi connectivity index (χ3v) is 3.90. The summed E-state index contributed by atoms with van der Waals surface area (Å²) in [4.78, 5) is 11.4. The molecule has 0 aliphatic rings. The van der Waals surface area contributed by atoms with Crippen molar-refractivity contribution in [3.8, 4) is 0 Å². The third kappa shape index (κ3) is 3.70. The van der Waals surface area contributed by atoms with Crippen molar-refractivity contribution in [3.05, 3.63) is 71.3 Å². The number of hydrogen-bond donors (Lipinski definition) is 0. The predicted molar refractivity (Wildman–Crippen MR) is 90.2 cm³/mol. The van der Waals surface area contributed by atoms with E-state index >= 15 is 0 Å². The number of rotatable bonds is 3. The molecular weight excluding hydrogens is 363 g/mol. The summed E-state index contributed by atoms with van der Waals surface area (Å²) in [5.41, 5.74) is 3.11. The van der Waals surface area contributed by atoms with E-state index in [9.17, 15) is 4.79 Å². The SMILES string of the molecule is CC(=O)O/C(=C(/I)c1ccccc1)c1ccc(C)cc1. The van der Waals surface area contributed by atoms with Crippen molar-refractivity contribution in [2.75, 3.05) is 0 Å². The summed E-state index contributed by atoms with van der Waals surface area (Å²) in [6.07, 6.45) is 0. The lowest BCUT2D eigenvalue weighted by Gasteiger charge is -2.11. The highest BCUT2D eigenvalue weighted by Gasteiger charge is 2.13. The molecule has 2 aromatic rings. The van der Waals surface area contributed by atoms with Gasteiger partial charge in [0.25, 0.3) is 0 Å². The first-order chi connectivity index (χ1) is 9.58. The second kappa shape index (κ2) is 6.70. The van der Waals surface area contributed by atoms with E-state index in [1.807, 2.05) is 61.5 Å². The average molecular weight is 378 g/mol. The van der Waals surface area contributed by atoms with Crippen molar-refractivity contribution in [2.24, 2.45) is 0 Å². The molecule has 0 bridgehead atoms. The van der Waals surface area contributed by atoms with Gasteiger partial charge in [0.1, 0.15) is 0 Å². The summed E-state index contributed by atoms with van der Waals surface area (Å²) >= 11 is 2.22. The Bertz CT molecular complexity index is 628. The first-order valence-electron chi connectivity index (χ1n) is 6.28. The van der Waals surface area contributed by atoms with E-state index in [0.717, 1.165) is 14.7 Å². The summed E-state index contributed by atoms with van der Waals surface area (Å²) in [5.74, 6) is 0.287. The number of benzene rings is 2. The van der Waals surface area contributed by atoms with Crippen LogP contribution in [0.4, 0.5) is 0 Å². The number of carbonyl (C=O) groups is 1. The van der Waals surface area contributed by atoms with E-state index < -0.39 is 0 Å². The zero-order valence-electron chi connectivity index (χ0n) is 11.4. The van der Waals surface area contributed by atoms with Gasteiger partial charge in [-0.15, -0.1) is 0 Å². The van der Waals surface area contributed by atoms with Gasteiger partial charge in [0.05, 0.1) is 3.58 Å². The van der Waals surface area contributed by atoms with Gasteiger partial charge in [0.15, 0.2) is 5.76 Å². The van der Waals surface area contributed by atoms with Gasteiger partial charge in [-0.3, -0.25) is 4.79 Å². The fourth-order valence-corrected chi connectivity index (χ4v) is 2.58. The van der Waals surface area contributed by atoms with Crippen LogP contribution in [-0.4, -0.2) is 5.97 Å². The molecule has 0 aromatic heterocycles. The molecule has 3 heteroatoms. The third-order valence-electron chi connectivity index (χ3n) is 2.79. The molecule has 20 heavy (non-hydrogen) atoms. The quantitative estimate of drug-likeness (QED) is 0.331. The molecule has 0 fully saturated rings. The van der Waals surface area contributed by atoms with Crippen LogP contribution in [0.15, 0.2) is 54.6 Å². The second-order valence-electron chi connectivity index (χ2n) is 4.47. The van der Waals surface area contributed by atoms with Gasteiger partial charge in [0.2, 0.25) is 0 Å². The topological polar surface area (TPSA) is 26.3 Å². The van der Waals surface area contributed by atoms with E-state index in [4.69, 9.17) is 4.74 Å². The summed E-state index contributed by atoms with van der Waals surface area (Å²) < 4.78 is 6.34. The van der Waals surface area contributed by atoms with Gasteiger partial charge in [-0.2, -0.15) is 0 Å². The normalized spacial score (nSPS) is 11.8. The maximum absolute atomic E-state index is 11.4. The molecule has 0 saturated heterocycles. The Morgan fingerprint density at radius 2 is 1.55 bits per heavy atom. The monoisotopic (exact) mass is 378 g/mol. The highest BCUT2D eigenvalue weighted by molar-refractivity contribution is 14.1. The maximum atomic E-state index is 11.4. The summed E-state index contributed by atoms with van der Waals surface area (Å²) in [5, 5.41) is 0. The average Bonchev–Trinajstić information content (AvgIpc) is 2.46. The number of esters is 1. The molecular formula is C17H15IO2. The molecule has 0 heterocycles. The minimum atomic E-state index is -0.314. The smallest absolute Gasteiger partial charge is 0.308 e. The summed E-state index contributed by atoms with van der Waals surface area (Å²) in [7, 11) is 0. The summed E-state index contributed by atoms with van der Waals surface area (Å²) in [6, 6.07) is 17.8. The van der Waals surface area contributed by atoms with Crippen molar-refractivity contribution in [3.63, 3.8) is 0 Å². The molecule has 102 valence electrons. The molecule has 0 atom stereocenters. The van der Waals surface area contributed by atoms with Crippen LogP contribution < -0.4 is 0 Å². The lowest BCUT2D eigenvalue weighted by atomic mass is 10.1. The molecule has 0 saturated carbocycles. The molecule has 2 nitrogen and oxygen atoms in total. The Morgan fingerprint density at radius 3 is 2.10 bits per heavy atom. The highest BCUT2D eigenvalue weighted by atomic mass is 127. The Morgan fingerprint density at radius 1 is 0.950 bits per heavy atom. The summed E-state index contributed by atoms with van der Waals surface area (Å²) in [6.45, 7) is 3.45. The number of hydrogen-bond acceptors (Lipinski definition) is 2. The van der Waals surface area contributed by atoms with Crippen molar-refractivity contribution >= 4 is 37.9 Å².